The van der Waals surface area contributed by atoms with Gasteiger partial charge in [0, 0.05) is 73.4 Å². The minimum absolute atomic E-state index is 0.447. The second-order valence-electron chi connectivity index (χ2n) is 10.4. The predicted molar refractivity (Wildman–Crippen MR) is 162 cm³/mol. The van der Waals surface area contributed by atoms with Crippen LogP contribution in [0.25, 0.3) is 33.0 Å². The number of nitrogens with zero attached hydrogens (tertiary/aromatic N) is 5. The molecule has 0 bridgehead atoms. The van der Waals surface area contributed by atoms with Gasteiger partial charge in [-0.3, -0.25) is 14.7 Å². The summed E-state index contributed by atoms with van der Waals surface area (Å²) in [5, 5.41) is 11.7. The number of carbonyl (C=O) groups is 1. The maximum atomic E-state index is 12.5. The zero-order valence-electron chi connectivity index (χ0n) is 22.9. The molecule has 1 fully saturated rings. The molecule has 1 aliphatic heterocycles. The fourth-order valence-corrected chi connectivity index (χ4v) is 5.72. The van der Waals surface area contributed by atoms with E-state index in [1.54, 1.807) is 18.2 Å². The van der Waals surface area contributed by atoms with Crippen molar-refractivity contribution in [2.45, 2.75) is 13.5 Å². The van der Waals surface area contributed by atoms with Crippen LogP contribution in [0.5, 0.6) is 0 Å². The molecule has 1 amide bonds. The Kier molecular flexibility index (Phi) is 7.15. The molecule has 1 aliphatic rings. The van der Waals surface area contributed by atoms with Crippen molar-refractivity contribution in [2.75, 3.05) is 31.1 Å². The number of pyridine rings is 2. The second-order valence-corrected chi connectivity index (χ2v) is 10.4. The summed E-state index contributed by atoms with van der Waals surface area (Å²) in [5.74, 6) is 0.426. The molecule has 0 spiro atoms. The molecule has 2 aromatic heterocycles. The van der Waals surface area contributed by atoms with Crippen molar-refractivity contribution in [2.24, 2.45) is 5.73 Å². The molecule has 0 atom stereocenters. The third-order valence-electron chi connectivity index (χ3n) is 7.88. The summed E-state index contributed by atoms with van der Waals surface area (Å²) < 4.78 is 0. The molecule has 5 aromatic rings. The molecule has 0 unspecified atom stereocenters. The van der Waals surface area contributed by atoms with Crippen molar-refractivity contribution < 1.29 is 4.79 Å². The normalized spacial score (nSPS) is 13.7. The van der Waals surface area contributed by atoms with Gasteiger partial charge in [0.2, 0.25) is 5.91 Å². The molecular weight excluding hydrogens is 508 g/mol. The van der Waals surface area contributed by atoms with Gasteiger partial charge in [-0.2, -0.15) is 5.26 Å². The van der Waals surface area contributed by atoms with E-state index in [2.05, 4.69) is 45.1 Å². The Morgan fingerprint density at radius 3 is 2.39 bits per heavy atom. The van der Waals surface area contributed by atoms with Crippen molar-refractivity contribution in [3.63, 3.8) is 0 Å². The van der Waals surface area contributed by atoms with Crippen LogP contribution < -0.4 is 10.6 Å². The van der Waals surface area contributed by atoms with Gasteiger partial charge in [-0.15, -0.1) is 0 Å². The highest BCUT2D eigenvalue weighted by Gasteiger charge is 2.21. The fourth-order valence-electron chi connectivity index (χ4n) is 5.72. The van der Waals surface area contributed by atoms with Crippen molar-refractivity contribution >= 4 is 22.5 Å². The molecule has 0 radical (unpaired) electrons. The highest BCUT2D eigenvalue weighted by Crippen LogP contribution is 2.38. The van der Waals surface area contributed by atoms with Gasteiger partial charge >= 0.3 is 0 Å². The van der Waals surface area contributed by atoms with Crippen LogP contribution >= 0.6 is 0 Å². The minimum atomic E-state index is -0.488. The summed E-state index contributed by atoms with van der Waals surface area (Å²) in [6, 6.07) is 25.8. The topological polar surface area (TPSA) is 99.1 Å². The maximum Gasteiger partial charge on any atom is 0.249 e. The largest absolute Gasteiger partial charge is 0.366 e. The van der Waals surface area contributed by atoms with Crippen LogP contribution in [0.2, 0.25) is 0 Å². The van der Waals surface area contributed by atoms with E-state index in [0.717, 1.165) is 66.4 Å². The lowest BCUT2D eigenvalue weighted by atomic mass is 9.87. The van der Waals surface area contributed by atoms with Crippen LogP contribution in [0.3, 0.4) is 0 Å². The number of rotatable bonds is 6. The van der Waals surface area contributed by atoms with Crippen LogP contribution in [0.4, 0.5) is 5.82 Å². The van der Waals surface area contributed by atoms with Gasteiger partial charge in [0.05, 0.1) is 11.6 Å². The van der Waals surface area contributed by atoms with Crippen LogP contribution in [0.1, 0.15) is 27.0 Å². The van der Waals surface area contributed by atoms with E-state index in [1.165, 1.54) is 16.3 Å². The molecule has 0 aliphatic carbocycles. The molecule has 3 aromatic carbocycles. The zero-order chi connectivity index (χ0) is 28.3. The molecule has 7 heteroatoms. The highest BCUT2D eigenvalue weighted by molar-refractivity contribution is 6.04. The Bertz CT molecular complexity index is 1760. The smallest absolute Gasteiger partial charge is 0.249 e. The van der Waals surface area contributed by atoms with Gasteiger partial charge in [0.1, 0.15) is 5.82 Å². The van der Waals surface area contributed by atoms with Crippen LogP contribution in [-0.2, 0) is 6.54 Å². The third kappa shape index (κ3) is 5.25. The van der Waals surface area contributed by atoms with E-state index in [9.17, 15) is 10.1 Å². The van der Waals surface area contributed by atoms with Gasteiger partial charge in [-0.25, -0.2) is 4.98 Å². The molecule has 6 rings (SSSR count). The van der Waals surface area contributed by atoms with E-state index < -0.39 is 5.91 Å². The number of amides is 1. The Morgan fingerprint density at radius 2 is 1.68 bits per heavy atom. The number of fused-ring (bicyclic) bond motifs is 1. The SMILES string of the molecule is Cc1ccc(C(N)=O)c(-c2ccc(N3CCN(Cc4cccc5cnccc45)CC3)nc2)c1-c1ccc(C#N)cc1. The average molecular weight is 539 g/mol. The monoisotopic (exact) mass is 538 g/mol. The van der Waals surface area contributed by atoms with Crippen LogP contribution in [-0.4, -0.2) is 47.0 Å². The Morgan fingerprint density at radius 1 is 0.902 bits per heavy atom. The number of anilines is 1. The molecule has 1 saturated heterocycles. The number of piperazine rings is 1. The number of hydrogen-bond acceptors (Lipinski definition) is 6. The predicted octanol–water partition coefficient (Wildman–Crippen LogP) is 5.57. The maximum absolute atomic E-state index is 12.5. The van der Waals surface area contributed by atoms with Gasteiger partial charge in [-0.1, -0.05) is 36.4 Å². The fraction of sp³-hybridized carbons (Fsp3) is 0.176. The van der Waals surface area contributed by atoms with Gasteiger partial charge in [0.25, 0.3) is 0 Å². The second kappa shape index (κ2) is 11.2. The first-order chi connectivity index (χ1) is 20.0. The first kappa shape index (κ1) is 26.2. The van der Waals surface area contributed by atoms with Crippen molar-refractivity contribution in [3.8, 4) is 28.3 Å². The average Bonchev–Trinajstić information content (AvgIpc) is 3.01. The Labute approximate surface area is 239 Å². The van der Waals surface area contributed by atoms with Crippen molar-refractivity contribution in [3.05, 3.63) is 114 Å². The van der Waals surface area contributed by atoms with E-state index in [4.69, 9.17) is 10.7 Å². The van der Waals surface area contributed by atoms with Gasteiger partial charge < -0.3 is 10.6 Å². The van der Waals surface area contributed by atoms with Crippen LogP contribution in [0, 0.1) is 18.3 Å². The third-order valence-corrected chi connectivity index (χ3v) is 7.88. The number of benzene rings is 3. The quantitative estimate of drug-likeness (QED) is 0.304. The minimum Gasteiger partial charge on any atom is -0.366 e. The van der Waals surface area contributed by atoms with E-state index >= 15 is 0 Å². The first-order valence-corrected chi connectivity index (χ1v) is 13.7. The number of aromatic nitrogens is 2. The lowest BCUT2D eigenvalue weighted by molar-refractivity contribution is 0.100. The molecular formula is C34H30N6O. The van der Waals surface area contributed by atoms with Gasteiger partial charge in [0.15, 0.2) is 0 Å². The van der Waals surface area contributed by atoms with E-state index in [1.807, 2.05) is 55.8 Å². The number of hydrogen-bond donors (Lipinski definition) is 1. The summed E-state index contributed by atoms with van der Waals surface area (Å²) >= 11 is 0. The molecule has 202 valence electrons. The molecule has 41 heavy (non-hydrogen) atoms. The number of nitrogens with two attached hydrogens (primary N) is 1. The molecule has 3 heterocycles. The Hall–Kier alpha value is -5.06. The van der Waals surface area contributed by atoms with E-state index in [-0.39, 0.29) is 0 Å². The summed E-state index contributed by atoms with van der Waals surface area (Å²) in [5.41, 5.74) is 12.6. The first-order valence-electron chi connectivity index (χ1n) is 13.7. The zero-order valence-corrected chi connectivity index (χ0v) is 22.9. The summed E-state index contributed by atoms with van der Waals surface area (Å²) in [6.07, 6.45) is 5.61. The lowest BCUT2D eigenvalue weighted by Gasteiger charge is -2.35. The summed E-state index contributed by atoms with van der Waals surface area (Å²) in [4.78, 5) is 26.3. The number of aryl methyl sites for hydroxylation is 1. The number of carbonyl (C=O) groups excluding carboxylic acids is 1. The standard InChI is InChI=1S/C34H30N6O/c1-23-5-11-30(34(36)41)33(32(23)25-8-6-24(19-35)7-9-25)27-10-12-31(38-21-27)40-17-15-39(16-18-40)22-28-4-2-3-26-20-37-14-13-29(26)28/h2-14,20-21H,15-18,22H2,1H3,(H2,36,41). The van der Waals surface area contributed by atoms with Crippen molar-refractivity contribution in [1.82, 2.24) is 14.9 Å². The lowest BCUT2D eigenvalue weighted by Crippen LogP contribution is -2.46. The summed E-state index contributed by atoms with van der Waals surface area (Å²) in [6.45, 7) is 6.56. The van der Waals surface area contributed by atoms with Crippen LogP contribution in [0.15, 0.2) is 91.4 Å². The van der Waals surface area contributed by atoms with Crippen molar-refractivity contribution in [1.29, 1.82) is 5.26 Å². The summed E-state index contributed by atoms with van der Waals surface area (Å²) in [7, 11) is 0. The molecule has 0 saturated carbocycles. The number of primary amides is 1. The molecule has 7 nitrogen and oxygen atoms in total. The Balaban J connectivity index is 1.23. The van der Waals surface area contributed by atoms with Gasteiger partial charge in [-0.05, 0) is 71.0 Å². The highest BCUT2D eigenvalue weighted by atomic mass is 16.1. The van der Waals surface area contributed by atoms with E-state index in [0.29, 0.717) is 11.1 Å². The molecule has 2 N–H and O–H groups in total. The number of nitriles is 1.